The van der Waals surface area contributed by atoms with Gasteiger partial charge < -0.3 is 35.5 Å². The first-order valence-electron chi connectivity index (χ1n) is 16.9. The first kappa shape index (κ1) is 39.8. The number of ether oxygens (including phenoxy) is 3. The highest BCUT2D eigenvalue weighted by Crippen LogP contribution is 2.35. The molecule has 0 unspecified atom stereocenters. The van der Waals surface area contributed by atoms with E-state index in [1.54, 1.807) is 111 Å². The second-order valence-corrected chi connectivity index (χ2v) is 13.7. The number of carbonyl (C=O) groups is 5. The van der Waals surface area contributed by atoms with Crippen molar-refractivity contribution in [3.05, 3.63) is 136 Å². The molecule has 12 nitrogen and oxygen atoms in total. The minimum Gasteiger partial charge on any atom is -0.493 e. The van der Waals surface area contributed by atoms with Gasteiger partial charge in [-0.15, -0.1) is 23.1 Å². The van der Waals surface area contributed by atoms with Crippen molar-refractivity contribution in [2.75, 3.05) is 42.5 Å². The number of thiophene rings is 1. The van der Waals surface area contributed by atoms with Crippen molar-refractivity contribution in [1.82, 2.24) is 5.32 Å². The minimum atomic E-state index is -0.653. The lowest BCUT2D eigenvalue weighted by Gasteiger charge is -2.14. The lowest BCUT2D eigenvalue weighted by Crippen LogP contribution is -2.30. The molecule has 0 aliphatic rings. The molecule has 0 aliphatic heterocycles. The zero-order chi connectivity index (χ0) is 39.3. The number of nitrogens with one attached hydrogen (secondary N) is 4. The summed E-state index contributed by atoms with van der Waals surface area (Å²) in [6, 6.07) is 29.4. The van der Waals surface area contributed by atoms with Gasteiger partial charge in [-0.2, -0.15) is 0 Å². The van der Waals surface area contributed by atoms with Gasteiger partial charge in [-0.25, -0.2) is 4.79 Å². The molecular formula is C41H38N4O8S2. The highest BCUT2D eigenvalue weighted by atomic mass is 32.2. The van der Waals surface area contributed by atoms with Crippen molar-refractivity contribution in [2.45, 2.75) is 18.7 Å². The summed E-state index contributed by atoms with van der Waals surface area (Å²) in [4.78, 5) is 67.1. The number of esters is 1. The molecule has 0 atom stereocenters. The Bertz CT molecular complexity index is 2220. The number of hydrogen-bond donors (Lipinski definition) is 4. The summed E-state index contributed by atoms with van der Waals surface area (Å²) in [6.07, 6.45) is 1.49. The maximum absolute atomic E-state index is 13.7. The van der Waals surface area contributed by atoms with Crippen LogP contribution in [0.3, 0.4) is 0 Å². The Morgan fingerprint density at radius 2 is 1.45 bits per heavy atom. The molecule has 4 amide bonds. The fourth-order valence-electron chi connectivity index (χ4n) is 5.27. The van der Waals surface area contributed by atoms with E-state index >= 15 is 0 Å². The van der Waals surface area contributed by atoms with Gasteiger partial charge in [0.15, 0.2) is 11.5 Å². The third kappa shape index (κ3) is 10.4. The first-order valence-corrected chi connectivity index (χ1v) is 18.7. The zero-order valence-corrected chi connectivity index (χ0v) is 32.0. The first-order chi connectivity index (χ1) is 26.6. The Balaban J connectivity index is 1.31. The van der Waals surface area contributed by atoms with E-state index in [9.17, 15) is 24.0 Å². The van der Waals surface area contributed by atoms with Crippen LogP contribution in [0.4, 0.5) is 16.4 Å². The summed E-state index contributed by atoms with van der Waals surface area (Å²) >= 11 is 2.18. The number of anilines is 3. The van der Waals surface area contributed by atoms with Crippen molar-refractivity contribution in [3.8, 4) is 11.5 Å². The van der Waals surface area contributed by atoms with Gasteiger partial charge in [0.05, 0.1) is 37.0 Å². The Kier molecular flexibility index (Phi) is 13.8. The second-order valence-electron chi connectivity index (χ2n) is 11.6. The van der Waals surface area contributed by atoms with Gasteiger partial charge in [0.25, 0.3) is 17.7 Å². The molecule has 282 valence electrons. The van der Waals surface area contributed by atoms with E-state index < -0.39 is 29.6 Å². The van der Waals surface area contributed by atoms with Gasteiger partial charge in [-0.3, -0.25) is 19.2 Å². The molecule has 4 aromatic carbocycles. The van der Waals surface area contributed by atoms with Crippen molar-refractivity contribution >= 4 is 75.1 Å². The average Bonchev–Trinajstić information content (AvgIpc) is 3.52. The van der Waals surface area contributed by atoms with Crippen LogP contribution in [0.2, 0.25) is 0 Å². The van der Waals surface area contributed by atoms with Crippen LogP contribution in [0.15, 0.2) is 114 Å². The standard InChI is InChI=1S/C41H38N4O8S2/c1-5-53-41(50)34-25(2)36(39(49)42-28-17-10-7-11-18-28)55-40(34)45-33(46)24-54-30-20-13-19-29(23-30)43-38(48)31(44-37(47)26-14-8-6-9-15-26)22-27-16-12-21-32(51-3)35(27)52-4/h6-23H,5,24H2,1-4H3,(H,42,49)(H,43,48)(H,44,47)(H,45,46)/b31-22+. The van der Waals surface area contributed by atoms with E-state index in [1.807, 2.05) is 6.07 Å². The number of benzene rings is 4. The summed E-state index contributed by atoms with van der Waals surface area (Å²) < 4.78 is 16.2. The fraction of sp³-hybridized carbons (Fsp3) is 0.146. The molecule has 5 rings (SSSR count). The van der Waals surface area contributed by atoms with Crippen LogP contribution in [-0.4, -0.2) is 56.2 Å². The molecule has 1 heterocycles. The Labute approximate surface area is 326 Å². The van der Waals surface area contributed by atoms with Crippen molar-refractivity contribution in [1.29, 1.82) is 0 Å². The maximum atomic E-state index is 13.7. The summed E-state index contributed by atoms with van der Waals surface area (Å²) in [6.45, 7) is 3.42. The number of hydrogen-bond acceptors (Lipinski definition) is 10. The van der Waals surface area contributed by atoms with E-state index in [0.29, 0.717) is 44.5 Å². The second kappa shape index (κ2) is 19.1. The average molecular weight is 779 g/mol. The normalized spacial score (nSPS) is 10.9. The Morgan fingerprint density at radius 3 is 2.15 bits per heavy atom. The van der Waals surface area contributed by atoms with E-state index in [-0.39, 0.29) is 33.5 Å². The number of methoxy groups -OCH3 is 2. The van der Waals surface area contributed by atoms with Crippen molar-refractivity contribution in [2.24, 2.45) is 0 Å². The van der Waals surface area contributed by atoms with Crippen molar-refractivity contribution in [3.63, 3.8) is 0 Å². The van der Waals surface area contributed by atoms with Crippen LogP contribution in [0.1, 0.15) is 48.4 Å². The molecule has 14 heteroatoms. The molecule has 0 saturated heterocycles. The fourth-order valence-corrected chi connectivity index (χ4v) is 7.14. The third-order valence-electron chi connectivity index (χ3n) is 7.84. The van der Waals surface area contributed by atoms with Crippen LogP contribution >= 0.6 is 23.1 Å². The molecule has 0 fully saturated rings. The molecule has 1 aromatic heterocycles. The van der Waals surface area contributed by atoms with E-state index in [1.165, 1.54) is 32.1 Å². The number of para-hydroxylation sites is 2. The quantitative estimate of drug-likeness (QED) is 0.0476. The van der Waals surface area contributed by atoms with E-state index in [0.717, 1.165) is 11.3 Å². The minimum absolute atomic E-state index is 0.0571. The predicted octanol–water partition coefficient (Wildman–Crippen LogP) is 7.64. The lowest BCUT2D eigenvalue weighted by molar-refractivity contribution is -0.114. The molecule has 55 heavy (non-hydrogen) atoms. The van der Waals surface area contributed by atoms with E-state index in [4.69, 9.17) is 14.2 Å². The van der Waals surface area contributed by atoms with Crippen LogP contribution in [0.5, 0.6) is 11.5 Å². The molecule has 0 bridgehead atoms. The zero-order valence-electron chi connectivity index (χ0n) is 30.4. The monoisotopic (exact) mass is 778 g/mol. The molecule has 4 N–H and O–H groups in total. The topological polar surface area (TPSA) is 161 Å². The lowest BCUT2D eigenvalue weighted by atomic mass is 10.1. The molecule has 5 aromatic rings. The number of rotatable bonds is 15. The van der Waals surface area contributed by atoms with Crippen LogP contribution in [0.25, 0.3) is 6.08 Å². The van der Waals surface area contributed by atoms with Gasteiger partial charge in [-0.1, -0.05) is 54.6 Å². The Morgan fingerprint density at radius 1 is 0.764 bits per heavy atom. The van der Waals surface area contributed by atoms with Gasteiger partial charge in [0.2, 0.25) is 5.91 Å². The van der Waals surface area contributed by atoms with Gasteiger partial charge in [0.1, 0.15) is 10.7 Å². The van der Waals surface area contributed by atoms with Gasteiger partial charge in [0, 0.05) is 27.4 Å². The maximum Gasteiger partial charge on any atom is 0.341 e. The molecule has 0 spiro atoms. The number of thioether (sulfide) groups is 1. The van der Waals surface area contributed by atoms with Crippen molar-refractivity contribution < 1.29 is 38.2 Å². The third-order valence-corrected chi connectivity index (χ3v) is 10.0. The summed E-state index contributed by atoms with van der Waals surface area (Å²) in [5, 5.41) is 11.3. The highest BCUT2D eigenvalue weighted by molar-refractivity contribution is 8.00. The Hall–Kier alpha value is -6.38. The largest absolute Gasteiger partial charge is 0.493 e. The summed E-state index contributed by atoms with van der Waals surface area (Å²) in [7, 11) is 2.98. The van der Waals surface area contributed by atoms with Crippen LogP contribution in [-0.2, 0) is 14.3 Å². The SMILES string of the molecule is CCOC(=O)c1c(NC(=O)CSc2cccc(NC(=O)/C(=C\c3cccc(OC)c3OC)NC(=O)c3ccccc3)c2)sc(C(=O)Nc2ccccc2)c1C. The van der Waals surface area contributed by atoms with Gasteiger partial charge in [-0.05, 0) is 74.0 Å². The molecular weight excluding hydrogens is 741 g/mol. The summed E-state index contributed by atoms with van der Waals surface area (Å²) in [5.41, 5.74) is 2.28. The van der Waals surface area contributed by atoms with Gasteiger partial charge >= 0.3 is 5.97 Å². The smallest absolute Gasteiger partial charge is 0.341 e. The van der Waals surface area contributed by atoms with E-state index in [2.05, 4.69) is 21.3 Å². The highest BCUT2D eigenvalue weighted by Gasteiger charge is 2.27. The molecule has 0 radical (unpaired) electrons. The number of amides is 4. The van der Waals surface area contributed by atoms with Crippen LogP contribution < -0.4 is 30.7 Å². The predicted molar refractivity (Wildman–Crippen MR) is 215 cm³/mol. The summed E-state index contributed by atoms with van der Waals surface area (Å²) in [5.74, 6) is -1.85. The molecule has 0 aliphatic carbocycles. The molecule has 0 saturated carbocycles. The number of carbonyl (C=O) groups excluding carboxylic acids is 5. The van der Waals surface area contributed by atoms with Crippen LogP contribution in [0, 0.1) is 6.92 Å².